The highest BCUT2D eigenvalue weighted by Crippen LogP contribution is 2.45. The Kier molecular flexibility index (Phi) is 8.96. The summed E-state index contributed by atoms with van der Waals surface area (Å²) in [6, 6.07) is 64.5. The van der Waals surface area contributed by atoms with Crippen molar-refractivity contribution >= 4 is 137 Å². The molecule has 2 unspecified atom stereocenters. The van der Waals surface area contributed by atoms with Crippen molar-refractivity contribution < 1.29 is 0 Å². The van der Waals surface area contributed by atoms with Gasteiger partial charge in [0.05, 0.1) is 111 Å². The lowest BCUT2D eigenvalue weighted by Gasteiger charge is -2.24. The third-order valence-electron chi connectivity index (χ3n) is 18.8. The van der Waals surface area contributed by atoms with Crippen molar-refractivity contribution in [3.63, 3.8) is 0 Å². The van der Waals surface area contributed by atoms with Gasteiger partial charge in [-0.3, -0.25) is 4.99 Å². The van der Waals surface area contributed by atoms with Gasteiger partial charge >= 0.3 is 0 Å². The SMILES string of the molecule is CC1=c2cccc3c2=NC1C(c1ccccc1)c1[nH]c2c(cccc2c1C)-c1ccc2c(n1)c1nc-3ccc1c1nc3c4ccc5nc4c4nc(ccc4c3nc21)c1cccc2c(C)c(nc21)c(-c1ccccc1)c1[nH]c2c(cccc52)c1C. The number of para-hydroxylation sites is 4. The summed E-state index contributed by atoms with van der Waals surface area (Å²) >= 11 is 0. The van der Waals surface area contributed by atoms with Gasteiger partial charge in [0.1, 0.15) is 0 Å². The maximum atomic E-state index is 5.77. The summed E-state index contributed by atoms with van der Waals surface area (Å²) in [6.07, 6.45) is 0. The molecule has 19 rings (SSSR count). The summed E-state index contributed by atoms with van der Waals surface area (Å²) in [7, 11) is 0. The highest BCUT2D eigenvalue weighted by molar-refractivity contribution is 6.28. The van der Waals surface area contributed by atoms with Crippen molar-refractivity contribution in [2.45, 2.75) is 39.7 Å². The number of hydrogen-bond donors (Lipinski definition) is 2. The molecule has 0 spiro atoms. The van der Waals surface area contributed by atoms with E-state index in [4.69, 9.17) is 39.9 Å². The van der Waals surface area contributed by atoms with Gasteiger partial charge in [0.2, 0.25) is 0 Å². The van der Waals surface area contributed by atoms with Crippen LogP contribution >= 0.6 is 0 Å². The van der Waals surface area contributed by atoms with E-state index in [1.54, 1.807) is 0 Å². The molecule has 11 heterocycles. The van der Waals surface area contributed by atoms with Crippen LogP contribution in [0.3, 0.4) is 0 Å². The zero-order valence-electron chi connectivity index (χ0n) is 46.1. The van der Waals surface area contributed by atoms with Crippen LogP contribution in [0, 0.1) is 20.8 Å². The Hall–Kier alpha value is -10.8. The van der Waals surface area contributed by atoms with Crippen molar-refractivity contribution in [1.82, 2.24) is 44.9 Å². The van der Waals surface area contributed by atoms with Crippen LogP contribution in [-0.2, 0) is 0 Å². The van der Waals surface area contributed by atoms with Gasteiger partial charge in [0, 0.05) is 76.1 Å². The molecule has 0 saturated heterocycles. The van der Waals surface area contributed by atoms with Crippen molar-refractivity contribution in [2.75, 3.05) is 0 Å². The highest BCUT2D eigenvalue weighted by Gasteiger charge is 2.33. The number of rotatable bonds is 2. The van der Waals surface area contributed by atoms with E-state index < -0.39 is 0 Å². The topological polar surface area (TPSA) is 134 Å². The summed E-state index contributed by atoms with van der Waals surface area (Å²) < 4.78 is 0. The first kappa shape index (κ1) is 45.8. The second-order valence-electron chi connectivity index (χ2n) is 23.1. The van der Waals surface area contributed by atoms with Crippen molar-refractivity contribution in [3.05, 3.63) is 221 Å². The average Bonchev–Trinajstić information content (AvgIpc) is 2.13. The van der Waals surface area contributed by atoms with Crippen LogP contribution < -0.4 is 10.6 Å². The largest absolute Gasteiger partial charge is 0.357 e. The fourth-order valence-electron chi connectivity index (χ4n) is 14.7. The van der Waals surface area contributed by atoms with Crippen LogP contribution in [0.5, 0.6) is 0 Å². The third kappa shape index (κ3) is 6.02. The second kappa shape index (κ2) is 16.4. The summed E-state index contributed by atoms with van der Waals surface area (Å²) in [5, 5.41) is 10.8. The first-order valence-corrected chi connectivity index (χ1v) is 28.8. The van der Waals surface area contributed by atoms with Gasteiger partial charge in [-0.1, -0.05) is 133 Å². The molecule has 8 aromatic carbocycles. The summed E-state index contributed by atoms with van der Waals surface area (Å²) in [5.74, 6) is -0.0696. The number of nitrogens with zero attached hydrogens (tertiary/aromatic N) is 8. The van der Waals surface area contributed by atoms with E-state index in [1.165, 1.54) is 16.7 Å². The predicted octanol–water partition coefficient (Wildman–Crippen LogP) is 16.2. The summed E-state index contributed by atoms with van der Waals surface area (Å²) in [5.41, 5.74) is 25.3. The van der Waals surface area contributed by atoms with Crippen LogP contribution in [0.15, 0.2) is 187 Å². The van der Waals surface area contributed by atoms with Crippen LogP contribution in [0.25, 0.3) is 170 Å². The molecule has 84 heavy (non-hydrogen) atoms. The van der Waals surface area contributed by atoms with Gasteiger partial charge in [-0.05, 0) is 110 Å². The van der Waals surface area contributed by atoms with Gasteiger partial charge < -0.3 is 9.97 Å². The zero-order chi connectivity index (χ0) is 55.4. The van der Waals surface area contributed by atoms with Crippen LogP contribution in [-0.4, -0.2) is 50.9 Å². The van der Waals surface area contributed by atoms with Gasteiger partial charge in [-0.15, -0.1) is 0 Å². The molecule has 0 saturated carbocycles. The van der Waals surface area contributed by atoms with Crippen LogP contribution in [0.2, 0.25) is 0 Å². The fourth-order valence-corrected chi connectivity index (χ4v) is 14.7. The highest BCUT2D eigenvalue weighted by atomic mass is 14.9. The Morgan fingerprint density at radius 2 is 0.857 bits per heavy atom. The number of pyridine rings is 4. The number of fused-ring (bicyclic) bond motifs is 18. The molecular formula is C74H46N10. The maximum Gasteiger partial charge on any atom is 0.0996 e. The number of aromatic amines is 2. The van der Waals surface area contributed by atoms with Gasteiger partial charge in [0.15, 0.2) is 0 Å². The Morgan fingerprint density at radius 1 is 0.333 bits per heavy atom. The van der Waals surface area contributed by atoms with Crippen LogP contribution in [0.1, 0.15) is 40.8 Å². The molecule has 2 N–H and O–H groups in total. The van der Waals surface area contributed by atoms with E-state index in [0.717, 1.165) is 192 Å². The molecule has 16 bridgehead atoms. The van der Waals surface area contributed by atoms with Crippen molar-refractivity contribution in [1.29, 1.82) is 0 Å². The molecule has 0 aliphatic carbocycles. The van der Waals surface area contributed by atoms with Gasteiger partial charge in [0.25, 0.3) is 0 Å². The Labute approximate surface area is 478 Å². The number of nitrogens with one attached hydrogen (secondary N) is 2. The first-order chi connectivity index (χ1) is 41.3. The number of aryl methyl sites for hydroxylation is 3. The molecule has 2 aliphatic heterocycles. The predicted molar refractivity (Wildman–Crippen MR) is 342 cm³/mol. The fraction of sp³-hybridized carbons (Fsp3) is 0.0811. The molecule has 9 aromatic heterocycles. The molecule has 10 nitrogen and oxygen atoms in total. The van der Waals surface area contributed by atoms with E-state index in [9.17, 15) is 0 Å². The quantitative estimate of drug-likeness (QED) is 0.130. The molecular weight excluding hydrogens is 1030 g/mol. The van der Waals surface area contributed by atoms with E-state index in [-0.39, 0.29) is 12.0 Å². The van der Waals surface area contributed by atoms with Crippen LogP contribution in [0.4, 0.5) is 0 Å². The summed E-state index contributed by atoms with van der Waals surface area (Å²) in [6.45, 7) is 8.90. The molecule has 0 fully saturated rings. The number of H-pyrrole nitrogens is 2. The maximum absolute atomic E-state index is 5.77. The molecule has 0 radical (unpaired) electrons. The number of benzene rings is 8. The molecule has 392 valence electrons. The normalized spacial score (nSPS) is 15.0. The average molecular weight is 1080 g/mol. The van der Waals surface area contributed by atoms with Gasteiger partial charge in [-0.25, -0.2) is 34.9 Å². The first-order valence-electron chi connectivity index (χ1n) is 28.8. The van der Waals surface area contributed by atoms with E-state index in [1.807, 2.05) is 0 Å². The Morgan fingerprint density at radius 3 is 1.55 bits per heavy atom. The van der Waals surface area contributed by atoms with E-state index in [2.05, 4.69) is 220 Å². The zero-order valence-corrected chi connectivity index (χ0v) is 46.1. The standard InChI is InChI=1S/C74H46N10/c1-35-41-19-11-23-45-53-31-27-49-67(75-53)68-50(28-32-54(76-68)46-24-12-20-42-36(2)60(80-64(42)46)57(59(35)79-63(41)45)39-15-7-5-8-16-39)72-71(49)83-73-51-29-33-55-47-25-13-21-43-37(3)61(81-65(43)47)58(40-17-9-6-10-18-40)62-38(4)44-22-14-26-48(66(44)82-62)56-34-30-52(74(73)84-72)70(78-56)69(51)77-55/h5-34,57,59,80-81H,1-4H3. The Bertz CT molecular complexity index is 6040. The van der Waals surface area contributed by atoms with E-state index >= 15 is 0 Å². The lowest BCUT2D eigenvalue weighted by Crippen LogP contribution is -2.25. The monoisotopic (exact) mass is 1070 g/mol. The molecule has 0 amide bonds. The Balaban J connectivity index is 0.944. The lowest BCUT2D eigenvalue weighted by atomic mass is 9.84. The molecule has 10 heteroatoms. The summed E-state index contributed by atoms with van der Waals surface area (Å²) in [4.78, 5) is 53.5. The minimum absolute atomic E-state index is 0.0696. The minimum atomic E-state index is -0.151. The smallest absolute Gasteiger partial charge is 0.0996 e. The van der Waals surface area contributed by atoms with Crippen molar-refractivity contribution in [3.8, 4) is 33.6 Å². The van der Waals surface area contributed by atoms with E-state index in [0.29, 0.717) is 0 Å². The third-order valence-corrected chi connectivity index (χ3v) is 18.8. The number of hydrogen-bond acceptors (Lipinski definition) is 8. The van der Waals surface area contributed by atoms with Crippen molar-refractivity contribution in [2.24, 2.45) is 4.99 Å². The second-order valence-corrected chi connectivity index (χ2v) is 23.1. The minimum Gasteiger partial charge on any atom is -0.357 e. The van der Waals surface area contributed by atoms with Gasteiger partial charge in [-0.2, -0.15) is 0 Å². The molecule has 17 aromatic rings. The molecule has 2 atom stereocenters. The molecule has 2 aliphatic rings. The lowest BCUT2D eigenvalue weighted by molar-refractivity contribution is 0.690. The number of aromatic nitrogens is 9.